The van der Waals surface area contributed by atoms with Gasteiger partial charge in [0.15, 0.2) is 6.17 Å². The summed E-state index contributed by atoms with van der Waals surface area (Å²) in [6.07, 6.45) is -0.749. The van der Waals surface area contributed by atoms with Crippen LogP contribution in [0.15, 0.2) is 91.0 Å². The van der Waals surface area contributed by atoms with Crippen LogP contribution in [-0.4, -0.2) is 12.1 Å². The highest BCUT2D eigenvalue weighted by atomic mass is 16.7. The van der Waals surface area contributed by atoms with E-state index in [0.29, 0.717) is 5.69 Å². The SMILES string of the molecule is O=C(ONc1ccccc1)C(Nc1ccccc1)Nc1ccccc1. The molecule has 0 atom stereocenters. The molecule has 0 saturated carbocycles. The van der Waals surface area contributed by atoms with E-state index in [1.54, 1.807) is 0 Å². The van der Waals surface area contributed by atoms with Crippen molar-refractivity contribution < 1.29 is 9.63 Å². The highest BCUT2D eigenvalue weighted by Crippen LogP contribution is 2.13. The van der Waals surface area contributed by atoms with Crippen LogP contribution in [0.5, 0.6) is 0 Å². The summed E-state index contributed by atoms with van der Waals surface area (Å²) >= 11 is 0. The molecule has 3 aromatic rings. The van der Waals surface area contributed by atoms with Gasteiger partial charge in [0, 0.05) is 11.4 Å². The first kappa shape index (κ1) is 16.4. The Hall–Kier alpha value is -3.47. The Bertz CT molecular complexity index is 738. The van der Waals surface area contributed by atoms with Crippen LogP contribution < -0.4 is 16.1 Å². The number of hydrogen-bond acceptors (Lipinski definition) is 5. The first-order valence-electron chi connectivity index (χ1n) is 7.96. The zero-order chi connectivity index (χ0) is 17.3. The van der Waals surface area contributed by atoms with Crippen molar-refractivity contribution in [1.29, 1.82) is 0 Å². The van der Waals surface area contributed by atoms with E-state index in [4.69, 9.17) is 4.84 Å². The lowest BCUT2D eigenvalue weighted by Crippen LogP contribution is -2.39. The second kappa shape index (κ2) is 8.40. The molecular formula is C20H19N3O2. The van der Waals surface area contributed by atoms with Gasteiger partial charge in [-0.1, -0.05) is 54.6 Å². The summed E-state index contributed by atoms with van der Waals surface area (Å²) in [7, 11) is 0. The van der Waals surface area contributed by atoms with Gasteiger partial charge < -0.3 is 15.5 Å². The molecule has 0 saturated heterocycles. The molecule has 126 valence electrons. The van der Waals surface area contributed by atoms with Crippen LogP contribution in [0.2, 0.25) is 0 Å². The topological polar surface area (TPSA) is 62.4 Å². The minimum atomic E-state index is -0.749. The maximum Gasteiger partial charge on any atom is 0.374 e. The molecule has 5 nitrogen and oxygen atoms in total. The van der Waals surface area contributed by atoms with Crippen LogP contribution >= 0.6 is 0 Å². The second-order valence-corrected chi connectivity index (χ2v) is 5.34. The van der Waals surface area contributed by atoms with Gasteiger partial charge in [-0.05, 0) is 36.4 Å². The Balaban J connectivity index is 1.69. The van der Waals surface area contributed by atoms with Gasteiger partial charge >= 0.3 is 5.97 Å². The summed E-state index contributed by atoms with van der Waals surface area (Å²) in [5, 5.41) is 6.28. The minimum absolute atomic E-state index is 0.475. The van der Waals surface area contributed by atoms with Gasteiger partial charge in [-0.25, -0.2) is 10.3 Å². The van der Waals surface area contributed by atoms with E-state index in [1.807, 2.05) is 91.0 Å². The van der Waals surface area contributed by atoms with E-state index in [2.05, 4.69) is 16.1 Å². The first-order valence-corrected chi connectivity index (χ1v) is 7.96. The molecule has 0 heterocycles. The molecule has 3 rings (SSSR count). The fourth-order valence-electron chi connectivity index (χ4n) is 2.23. The molecule has 0 fully saturated rings. The number of carbonyl (C=O) groups excluding carboxylic acids is 1. The summed E-state index contributed by atoms with van der Waals surface area (Å²) in [6, 6.07) is 28.2. The lowest BCUT2D eigenvalue weighted by Gasteiger charge is -2.21. The van der Waals surface area contributed by atoms with E-state index < -0.39 is 12.1 Å². The molecule has 0 unspecified atom stereocenters. The van der Waals surface area contributed by atoms with Crippen molar-refractivity contribution in [2.24, 2.45) is 0 Å². The number of rotatable bonds is 7. The lowest BCUT2D eigenvalue weighted by atomic mass is 10.3. The van der Waals surface area contributed by atoms with Crippen LogP contribution in [0.1, 0.15) is 0 Å². The number of hydrogen-bond donors (Lipinski definition) is 3. The summed E-state index contributed by atoms with van der Waals surface area (Å²) < 4.78 is 0. The predicted octanol–water partition coefficient (Wildman–Crippen LogP) is 4.11. The number of carbonyl (C=O) groups is 1. The van der Waals surface area contributed by atoms with E-state index in [-0.39, 0.29) is 0 Å². The van der Waals surface area contributed by atoms with Crippen molar-refractivity contribution in [3.63, 3.8) is 0 Å². The van der Waals surface area contributed by atoms with Crippen LogP contribution in [0.3, 0.4) is 0 Å². The maximum atomic E-state index is 12.5. The fraction of sp³-hybridized carbons (Fsp3) is 0.0500. The summed E-state index contributed by atoms with van der Waals surface area (Å²) in [5.74, 6) is -0.475. The van der Waals surface area contributed by atoms with Gasteiger partial charge in [0.05, 0.1) is 5.69 Å². The Morgan fingerprint density at radius 3 is 1.48 bits per heavy atom. The predicted molar refractivity (Wildman–Crippen MR) is 100 cm³/mol. The molecular weight excluding hydrogens is 314 g/mol. The largest absolute Gasteiger partial charge is 0.374 e. The molecule has 0 radical (unpaired) electrons. The average Bonchev–Trinajstić information content (AvgIpc) is 2.68. The van der Waals surface area contributed by atoms with Gasteiger partial charge in [-0.3, -0.25) is 0 Å². The minimum Gasteiger partial charge on any atom is -0.356 e. The molecule has 25 heavy (non-hydrogen) atoms. The van der Waals surface area contributed by atoms with Crippen molar-refractivity contribution in [1.82, 2.24) is 0 Å². The maximum absolute atomic E-state index is 12.5. The van der Waals surface area contributed by atoms with Gasteiger partial charge in [-0.15, -0.1) is 0 Å². The number of anilines is 3. The number of benzene rings is 3. The molecule has 0 bridgehead atoms. The van der Waals surface area contributed by atoms with E-state index >= 15 is 0 Å². The van der Waals surface area contributed by atoms with Gasteiger partial charge in [0.1, 0.15) is 0 Å². The van der Waals surface area contributed by atoms with E-state index in [1.165, 1.54) is 0 Å². The van der Waals surface area contributed by atoms with Gasteiger partial charge in [0.25, 0.3) is 0 Å². The molecule has 0 aliphatic rings. The molecule has 0 spiro atoms. The van der Waals surface area contributed by atoms with Crippen LogP contribution in [-0.2, 0) is 9.63 Å². The van der Waals surface area contributed by atoms with Crippen molar-refractivity contribution >= 4 is 23.0 Å². The molecule has 0 amide bonds. The van der Waals surface area contributed by atoms with E-state index in [0.717, 1.165) is 11.4 Å². The Morgan fingerprint density at radius 1 is 0.640 bits per heavy atom. The summed E-state index contributed by atoms with van der Waals surface area (Å²) in [6.45, 7) is 0. The van der Waals surface area contributed by atoms with Crippen LogP contribution in [0, 0.1) is 0 Å². The zero-order valence-electron chi connectivity index (χ0n) is 13.6. The third-order valence-corrected chi connectivity index (χ3v) is 3.45. The Morgan fingerprint density at radius 2 is 1.04 bits per heavy atom. The highest BCUT2D eigenvalue weighted by Gasteiger charge is 2.20. The summed E-state index contributed by atoms with van der Waals surface area (Å²) in [4.78, 5) is 17.7. The zero-order valence-corrected chi connectivity index (χ0v) is 13.6. The van der Waals surface area contributed by atoms with E-state index in [9.17, 15) is 4.79 Å². The van der Waals surface area contributed by atoms with Gasteiger partial charge in [0.2, 0.25) is 0 Å². The number of para-hydroxylation sites is 3. The van der Waals surface area contributed by atoms with Gasteiger partial charge in [-0.2, -0.15) is 0 Å². The average molecular weight is 333 g/mol. The van der Waals surface area contributed by atoms with Crippen LogP contribution in [0.4, 0.5) is 17.1 Å². The Labute approximate surface area is 146 Å². The second-order valence-electron chi connectivity index (χ2n) is 5.34. The van der Waals surface area contributed by atoms with Crippen molar-refractivity contribution in [3.8, 4) is 0 Å². The highest BCUT2D eigenvalue weighted by molar-refractivity contribution is 5.82. The smallest absolute Gasteiger partial charge is 0.356 e. The third-order valence-electron chi connectivity index (χ3n) is 3.45. The molecule has 3 N–H and O–H groups in total. The fourth-order valence-corrected chi connectivity index (χ4v) is 2.23. The van der Waals surface area contributed by atoms with Crippen molar-refractivity contribution in [3.05, 3.63) is 91.0 Å². The standard InChI is InChI=1S/C20H19N3O2/c24-20(25-23-18-14-8-3-9-15-18)19(21-16-10-4-1-5-11-16)22-17-12-6-2-7-13-17/h1-15,19,21-23H. The monoisotopic (exact) mass is 333 g/mol. The molecule has 0 aromatic heterocycles. The lowest BCUT2D eigenvalue weighted by molar-refractivity contribution is -0.140. The molecule has 5 heteroatoms. The quantitative estimate of drug-likeness (QED) is 0.449. The van der Waals surface area contributed by atoms with Crippen LogP contribution in [0.25, 0.3) is 0 Å². The molecule has 0 aliphatic carbocycles. The Kier molecular flexibility index (Phi) is 5.51. The van der Waals surface area contributed by atoms with Crippen molar-refractivity contribution in [2.45, 2.75) is 6.17 Å². The normalized spacial score (nSPS) is 10.1. The first-order chi connectivity index (χ1) is 12.3. The number of nitrogens with one attached hydrogen (secondary N) is 3. The molecule has 3 aromatic carbocycles. The third kappa shape index (κ3) is 5.00. The van der Waals surface area contributed by atoms with Crippen molar-refractivity contribution in [2.75, 3.05) is 16.1 Å². The summed E-state index contributed by atoms with van der Waals surface area (Å²) in [5.41, 5.74) is 4.99. The molecule has 0 aliphatic heterocycles.